The number of benzene rings is 1. The van der Waals surface area contributed by atoms with Gasteiger partial charge >= 0.3 is 0 Å². The van der Waals surface area contributed by atoms with E-state index in [1.54, 1.807) is 6.20 Å². The van der Waals surface area contributed by atoms with Gasteiger partial charge in [-0.25, -0.2) is 10.5 Å². The standard InChI is InChI=1S/C28H33N7O/c36-28(8-6-26-4-1-2-12-29-26)32-15-9-22(10-16-32)20-33-17-11-24-18-23(5-7-27(24)33)25-19-31-35(21-25)34-14-3-13-30-34/h1-2,4-5,7,11-12,17-19,21-22,30H,3,6,8-10,13-16,20H2. The number of hydrazine groups is 1. The zero-order valence-corrected chi connectivity index (χ0v) is 20.6. The number of rotatable bonds is 7. The van der Waals surface area contributed by atoms with Crippen LogP contribution in [0.5, 0.6) is 0 Å². The van der Waals surface area contributed by atoms with E-state index in [4.69, 9.17) is 0 Å². The zero-order chi connectivity index (χ0) is 24.3. The molecule has 186 valence electrons. The van der Waals surface area contributed by atoms with Crippen molar-refractivity contribution in [3.05, 3.63) is 72.9 Å². The highest BCUT2D eigenvalue weighted by Gasteiger charge is 2.23. The van der Waals surface area contributed by atoms with Crippen molar-refractivity contribution >= 4 is 16.8 Å². The first-order valence-corrected chi connectivity index (χ1v) is 13.1. The molecule has 1 N–H and O–H groups in total. The Kier molecular flexibility index (Phi) is 6.42. The Balaban J connectivity index is 1.05. The molecule has 0 bridgehead atoms. The molecule has 0 aliphatic carbocycles. The predicted octanol–water partition coefficient (Wildman–Crippen LogP) is 3.62. The Bertz CT molecular complexity index is 1310. The second-order valence-corrected chi connectivity index (χ2v) is 9.92. The van der Waals surface area contributed by atoms with Gasteiger partial charge in [-0.05, 0) is 67.5 Å². The van der Waals surface area contributed by atoms with Gasteiger partial charge in [0.15, 0.2) is 0 Å². The highest BCUT2D eigenvalue weighted by Crippen LogP contribution is 2.27. The molecular formula is C28H33N7O. The summed E-state index contributed by atoms with van der Waals surface area (Å²) < 4.78 is 2.37. The lowest BCUT2D eigenvalue weighted by Crippen LogP contribution is -2.40. The minimum absolute atomic E-state index is 0.252. The van der Waals surface area contributed by atoms with Gasteiger partial charge in [0.05, 0.1) is 18.9 Å². The van der Waals surface area contributed by atoms with Crippen molar-refractivity contribution in [2.24, 2.45) is 5.92 Å². The number of hydrogen-bond donors (Lipinski definition) is 1. The van der Waals surface area contributed by atoms with Crippen LogP contribution in [0.4, 0.5) is 0 Å². The van der Waals surface area contributed by atoms with Crippen LogP contribution in [-0.4, -0.2) is 56.4 Å². The van der Waals surface area contributed by atoms with Gasteiger partial charge in [0.2, 0.25) is 5.91 Å². The minimum Gasteiger partial charge on any atom is -0.347 e. The van der Waals surface area contributed by atoms with Crippen molar-refractivity contribution in [1.29, 1.82) is 0 Å². The molecule has 3 aromatic heterocycles. The molecule has 8 heteroatoms. The van der Waals surface area contributed by atoms with Crippen LogP contribution in [-0.2, 0) is 17.8 Å². The summed E-state index contributed by atoms with van der Waals surface area (Å²) in [5, 5.41) is 7.83. The number of pyridine rings is 1. The first-order valence-electron chi connectivity index (χ1n) is 13.1. The third-order valence-electron chi connectivity index (χ3n) is 7.51. The van der Waals surface area contributed by atoms with E-state index >= 15 is 0 Å². The number of fused-ring (bicyclic) bond motifs is 1. The number of carbonyl (C=O) groups is 1. The van der Waals surface area contributed by atoms with Crippen LogP contribution in [0.3, 0.4) is 0 Å². The maximum absolute atomic E-state index is 12.7. The number of aromatic nitrogens is 4. The topological polar surface area (TPSA) is 71.2 Å². The summed E-state index contributed by atoms with van der Waals surface area (Å²) in [5.41, 5.74) is 7.90. The maximum Gasteiger partial charge on any atom is 0.222 e. The van der Waals surface area contributed by atoms with Crippen LogP contribution < -0.4 is 10.5 Å². The Labute approximate surface area is 211 Å². The van der Waals surface area contributed by atoms with Gasteiger partial charge in [0, 0.05) is 67.2 Å². The number of piperidine rings is 1. The maximum atomic E-state index is 12.7. The molecule has 5 heterocycles. The fourth-order valence-electron chi connectivity index (χ4n) is 5.41. The highest BCUT2D eigenvalue weighted by molar-refractivity contribution is 5.85. The molecular weight excluding hydrogens is 450 g/mol. The number of nitrogens with zero attached hydrogens (tertiary/aromatic N) is 6. The number of amides is 1. The normalized spacial score (nSPS) is 16.8. The van der Waals surface area contributed by atoms with Gasteiger partial charge in [-0.1, -0.05) is 12.1 Å². The van der Waals surface area contributed by atoms with Crippen LogP contribution >= 0.6 is 0 Å². The van der Waals surface area contributed by atoms with E-state index in [-0.39, 0.29) is 5.91 Å². The Morgan fingerprint density at radius 1 is 1.06 bits per heavy atom. The smallest absolute Gasteiger partial charge is 0.222 e. The van der Waals surface area contributed by atoms with Gasteiger partial charge in [-0.2, -0.15) is 9.89 Å². The minimum atomic E-state index is 0.252. The Morgan fingerprint density at radius 2 is 1.97 bits per heavy atom. The van der Waals surface area contributed by atoms with Gasteiger partial charge in [0.1, 0.15) is 0 Å². The number of aryl methyl sites for hydroxylation is 1. The summed E-state index contributed by atoms with van der Waals surface area (Å²) in [6.07, 6.45) is 12.5. The molecule has 8 nitrogen and oxygen atoms in total. The van der Waals surface area contributed by atoms with Gasteiger partial charge in [-0.3, -0.25) is 9.78 Å². The molecule has 6 rings (SSSR count). The molecule has 2 aliphatic heterocycles. The average molecular weight is 484 g/mol. The molecule has 0 saturated carbocycles. The zero-order valence-electron chi connectivity index (χ0n) is 20.6. The van der Waals surface area contributed by atoms with Crippen LogP contribution in [0, 0.1) is 5.92 Å². The van der Waals surface area contributed by atoms with Crippen molar-refractivity contribution in [1.82, 2.24) is 29.8 Å². The summed E-state index contributed by atoms with van der Waals surface area (Å²) in [5.74, 6) is 0.841. The van der Waals surface area contributed by atoms with E-state index in [0.29, 0.717) is 18.8 Å². The molecule has 0 atom stereocenters. The van der Waals surface area contributed by atoms with E-state index < -0.39 is 0 Å². The lowest BCUT2D eigenvalue weighted by Gasteiger charge is -2.32. The lowest BCUT2D eigenvalue weighted by atomic mass is 9.96. The van der Waals surface area contributed by atoms with Crippen LogP contribution in [0.1, 0.15) is 31.4 Å². The van der Waals surface area contributed by atoms with Crippen LogP contribution in [0.25, 0.3) is 22.0 Å². The molecule has 1 aromatic carbocycles. The van der Waals surface area contributed by atoms with Crippen molar-refractivity contribution in [2.75, 3.05) is 31.3 Å². The molecule has 4 aromatic rings. The fourth-order valence-corrected chi connectivity index (χ4v) is 5.41. The SMILES string of the molecule is O=C(CCc1ccccn1)N1CCC(Cn2ccc3cc(-c4cnn(N5CCCN5)c4)ccc32)CC1. The van der Waals surface area contributed by atoms with E-state index in [2.05, 4.69) is 61.9 Å². The summed E-state index contributed by atoms with van der Waals surface area (Å²) in [6, 6.07) is 14.8. The number of hydrogen-bond acceptors (Lipinski definition) is 5. The number of likely N-dealkylation sites (tertiary alicyclic amines) is 1. The van der Waals surface area contributed by atoms with Gasteiger partial charge < -0.3 is 9.47 Å². The summed E-state index contributed by atoms with van der Waals surface area (Å²) in [6.45, 7) is 4.67. The van der Waals surface area contributed by atoms with Crippen molar-refractivity contribution in [3.8, 4) is 11.1 Å². The van der Waals surface area contributed by atoms with E-state index in [9.17, 15) is 4.79 Å². The van der Waals surface area contributed by atoms with Gasteiger partial charge in [-0.15, -0.1) is 0 Å². The first-order chi connectivity index (χ1) is 17.7. The summed E-state index contributed by atoms with van der Waals surface area (Å²) >= 11 is 0. The van der Waals surface area contributed by atoms with E-state index in [1.807, 2.05) is 34.1 Å². The molecule has 0 radical (unpaired) electrons. The van der Waals surface area contributed by atoms with Crippen LogP contribution in [0.2, 0.25) is 0 Å². The Hall–Kier alpha value is -3.65. The van der Waals surface area contributed by atoms with Crippen molar-refractivity contribution in [3.63, 3.8) is 0 Å². The molecule has 0 spiro atoms. The quantitative estimate of drug-likeness (QED) is 0.435. The van der Waals surface area contributed by atoms with Gasteiger partial charge in [0.25, 0.3) is 0 Å². The highest BCUT2D eigenvalue weighted by atomic mass is 16.2. The average Bonchev–Trinajstić information content (AvgIpc) is 3.69. The van der Waals surface area contributed by atoms with Crippen LogP contribution in [0.15, 0.2) is 67.3 Å². The number of nitrogens with one attached hydrogen (secondary N) is 1. The Morgan fingerprint density at radius 3 is 2.78 bits per heavy atom. The molecule has 2 aliphatic rings. The monoisotopic (exact) mass is 483 g/mol. The fraction of sp³-hybridized carbons (Fsp3) is 0.393. The second-order valence-electron chi connectivity index (χ2n) is 9.92. The summed E-state index contributed by atoms with van der Waals surface area (Å²) in [7, 11) is 0. The molecule has 2 fully saturated rings. The van der Waals surface area contributed by atoms with E-state index in [1.165, 1.54) is 16.5 Å². The second kappa shape index (κ2) is 10.1. The molecule has 36 heavy (non-hydrogen) atoms. The third kappa shape index (κ3) is 4.86. The van der Waals surface area contributed by atoms with Crippen molar-refractivity contribution < 1.29 is 4.79 Å². The molecule has 2 saturated heterocycles. The third-order valence-corrected chi connectivity index (χ3v) is 7.51. The summed E-state index contributed by atoms with van der Waals surface area (Å²) in [4.78, 5) is 20.9. The lowest BCUT2D eigenvalue weighted by molar-refractivity contribution is -0.132. The molecule has 0 unspecified atom stereocenters. The van der Waals surface area contributed by atoms with E-state index in [0.717, 1.165) is 63.2 Å². The number of carbonyl (C=O) groups excluding carboxylic acids is 1. The largest absolute Gasteiger partial charge is 0.347 e. The van der Waals surface area contributed by atoms with Crippen molar-refractivity contribution in [2.45, 2.75) is 38.6 Å². The molecule has 1 amide bonds. The predicted molar refractivity (Wildman–Crippen MR) is 141 cm³/mol. The first kappa shape index (κ1) is 22.8.